The number of ether oxygens (including phenoxy) is 3. The van der Waals surface area contributed by atoms with E-state index >= 15 is 0 Å². The molecule has 0 N–H and O–H groups in total. The van der Waals surface area contributed by atoms with E-state index in [0.717, 1.165) is 32.1 Å². The molecule has 5 heteroatoms. The fraction of sp³-hybridized carbons (Fsp3) is 0.953. The fourth-order valence-corrected chi connectivity index (χ4v) is 6.39. The molecule has 0 rings (SSSR count). The zero-order valence-electron chi connectivity index (χ0n) is 32.8. The normalized spacial score (nSPS) is 12.0. The molecule has 0 aliphatic heterocycles. The molecule has 0 spiro atoms. The summed E-state index contributed by atoms with van der Waals surface area (Å²) in [6.07, 6.45) is 40.9. The van der Waals surface area contributed by atoms with Crippen molar-refractivity contribution in [3.8, 4) is 0 Å². The third-order valence-electron chi connectivity index (χ3n) is 9.64. The van der Waals surface area contributed by atoms with Crippen LogP contribution in [0.5, 0.6) is 0 Å². The van der Waals surface area contributed by atoms with E-state index in [0.29, 0.717) is 26.1 Å². The van der Waals surface area contributed by atoms with Crippen LogP contribution in [0, 0.1) is 0 Å². The third-order valence-corrected chi connectivity index (χ3v) is 9.64. The molecule has 0 radical (unpaired) electrons. The first-order chi connectivity index (χ1) is 23.6. The zero-order valence-corrected chi connectivity index (χ0v) is 32.8. The van der Waals surface area contributed by atoms with Crippen molar-refractivity contribution >= 4 is 11.9 Å². The van der Waals surface area contributed by atoms with E-state index in [4.69, 9.17) is 14.2 Å². The molecule has 1 atom stereocenters. The minimum atomic E-state index is -0.519. The van der Waals surface area contributed by atoms with E-state index in [9.17, 15) is 9.59 Å². The van der Waals surface area contributed by atoms with Crippen molar-refractivity contribution in [1.82, 2.24) is 0 Å². The van der Waals surface area contributed by atoms with E-state index in [1.54, 1.807) is 0 Å². The topological polar surface area (TPSA) is 61.8 Å². The van der Waals surface area contributed by atoms with Crippen LogP contribution >= 0.6 is 0 Å². The van der Waals surface area contributed by atoms with E-state index in [-0.39, 0.29) is 18.5 Å². The predicted octanol–water partition coefficient (Wildman–Crippen LogP) is 13.8. The molecule has 1 unspecified atom stereocenters. The van der Waals surface area contributed by atoms with Gasteiger partial charge in [0.1, 0.15) is 6.61 Å². The molecule has 0 aromatic rings. The van der Waals surface area contributed by atoms with Crippen LogP contribution in [0.15, 0.2) is 0 Å². The Morgan fingerprint density at radius 2 is 0.688 bits per heavy atom. The number of carbonyl (C=O) groups excluding carboxylic acids is 2. The summed E-state index contributed by atoms with van der Waals surface area (Å²) < 4.78 is 17.2. The Bertz CT molecular complexity index is 651. The Kier molecular flexibility index (Phi) is 39.4. The van der Waals surface area contributed by atoms with Crippen LogP contribution in [0.1, 0.15) is 239 Å². The van der Waals surface area contributed by atoms with E-state index in [2.05, 4.69) is 20.8 Å². The second-order valence-corrected chi connectivity index (χ2v) is 14.6. The standard InChI is InChI=1S/C43H84O5/c1-4-7-10-13-16-19-21-23-26-29-32-35-38-46-39-41(48-43(45)37-34-31-28-24-18-15-12-9-6-3)40-47-42(44)36-33-30-27-25-22-20-17-14-11-8-5-2/h41H,4-40H2,1-3H3. The minimum Gasteiger partial charge on any atom is -0.462 e. The molecule has 0 bridgehead atoms. The van der Waals surface area contributed by atoms with Gasteiger partial charge in [0.2, 0.25) is 0 Å². The van der Waals surface area contributed by atoms with Gasteiger partial charge in [0.05, 0.1) is 6.61 Å². The Hall–Kier alpha value is -1.10. The quantitative estimate of drug-likeness (QED) is 0.0476. The lowest BCUT2D eigenvalue weighted by Crippen LogP contribution is -2.30. The number of hydrogen-bond donors (Lipinski definition) is 0. The van der Waals surface area contributed by atoms with E-state index < -0.39 is 6.10 Å². The zero-order chi connectivity index (χ0) is 35.0. The number of unbranched alkanes of at least 4 members (excludes halogenated alkanes) is 29. The Labute approximate surface area is 300 Å². The average Bonchev–Trinajstić information content (AvgIpc) is 3.08. The monoisotopic (exact) mass is 681 g/mol. The van der Waals surface area contributed by atoms with Gasteiger partial charge in [-0.25, -0.2) is 0 Å². The fourth-order valence-electron chi connectivity index (χ4n) is 6.39. The summed E-state index contributed by atoms with van der Waals surface area (Å²) in [6, 6.07) is 0. The highest BCUT2D eigenvalue weighted by Crippen LogP contribution is 2.15. The second kappa shape index (κ2) is 40.3. The molecule has 0 aromatic heterocycles. The Balaban J connectivity index is 4.18. The lowest BCUT2D eigenvalue weighted by molar-refractivity contribution is -0.163. The lowest BCUT2D eigenvalue weighted by Gasteiger charge is -2.18. The van der Waals surface area contributed by atoms with Crippen molar-refractivity contribution in [3.63, 3.8) is 0 Å². The van der Waals surface area contributed by atoms with Crippen molar-refractivity contribution in [2.24, 2.45) is 0 Å². The van der Waals surface area contributed by atoms with Gasteiger partial charge in [-0.15, -0.1) is 0 Å². The highest BCUT2D eigenvalue weighted by atomic mass is 16.6. The van der Waals surface area contributed by atoms with Crippen LogP contribution < -0.4 is 0 Å². The molecule has 48 heavy (non-hydrogen) atoms. The SMILES string of the molecule is CCCCCCCCCCCCCCOCC(COC(=O)CCCCCCCCCCCCC)OC(=O)CCCCCCCCCCC. The summed E-state index contributed by atoms with van der Waals surface area (Å²) in [7, 11) is 0. The van der Waals surface area contributed by atoms with Crippen LogP contribution in [0.2, 0.25) is 0 Å². The third kappa shape index (κ3) is 37.7. The van der Waals surface area contributed by atoms with Crippen molar-refractivity contribution < 1.29 is 23.8 Å². The Morgan fingerprint density at radius 3 is 1.06 bits per heavy atom. The molecular formula is C43H84O5. The second-order valence-electron chi connectivity index (χ2n) is 14.6. The van der Waals surface area contributed by atoms with Gasteiger partial charge in [0, 0.05) is 19.4 Å². The molecular weight excluding hydrogens is 596 g/mol. The summed E-state index contributed by atoms with van der Waals surface area (Å²) in [4.78, 5) is 25.1. The molecule has 5 nitrogen and oxygen atoms in total. The molecule has 0 amide bonds. The minimum absolute atomic E-state index is 0.0960. The van der Waals surface area contributed by atoms with Crippen LogP contribution in [0.4, 0.5) is 0 Å². The van der Waals surface area contributed by atoms with E-state index in [1.165, 1.54) is 173 Å². The van der Waals surface area contributed by atoms with Crippen LogP contribution in [0.25, 0.3) is 0 Å². The molecule has 0 saturated carbocycles. The maximum atomic E-state index is 12.6. The highest BCUT2D eigenvalue weighted by molar-refractivity contribution is 5.70. The van der Waals surface area contributed by atoms with Gasteiger partial charge in [-0.1, -0.05) is 207 Å². The summed E-state index contributed by atoms with van der Waals surface area (Å²) >= 11 is 0. The maximum absolute atomic E-state index is 12.6. The first kappa shape index (κ1) is 46.9. The van der Waals surface area contributed by atoms with Gasteiger partial charge in [-0.05, 0) is 19.3 Å². The number of hydrogen-bond acceptors (Lipinski definition) is 5. The molecule has 0 aliphatic carbocycles. The van der Waals surface area contributed by atoms with Crippen LogP contribution in [-0.2, 0) is 23.8 Å². The van der Waals surface area contributed by atoms with Gasteiger partial charge in [-0.2, -0.15) is 0 Å². The first-order valence-electron chi connectivity index (χ1n) is 21.6. The van der Waals surface area contributed by atoms with Crippen molar-refractivity contribution in [3.05, 3.63) is 0 Å². The van der Waals surface area contributed by atoms with Gasteiger partial charge in [0.15, 0.2) is 6.10 Å². The van der Waals surface area contributed by atoms with Crippen molar-refractivity contribution in [2.75, 3.05) is 19.8 Å². The highest BCUT2D eigenvalue weighted by Gasteiger charge is 2.17. The number of rotatable bonds is 40. The van der Waals surface area contributed by atoms with Gasteiger partial charge >= 0.3 is 11.9 Å². The van der Waals surface area contributed by atoms with Gasteiger partial charge in [-0.3, -0.25) is 9.59 Å². The molecule has 286 valence electrons. The van der Waals surface area contributed by atoms with Gasteiger partial charge < -0.3 is 14.2 Å². The van der Waals surface area contributed by atoms with Gasteiger partial charge in [0.25, 0.3) is 0 Å². The number of esters is 2. The summed E-state index contributed by atoms with van der Waals surface area (Å²) in [5, 5.41) is 0. The predicted molar refractivity (Wildman–Crippen MR) is 206 cm³/mol. The molecule has 0 fully saturated rings. The van der Waals surface area contributed by atoms with Crippen LogP contribution in [0.3, 0.4) is 0 Å². The molecule has 0 aromatic carbocycles. The molecule has 0 aliphatic rings. The molecule has 0 saturated heterocycles. The average molecular weight is 681 g/mol. The Morgan fingerprint density at radius 1 is 0.375 bits per heavy atom. The smallest absolute Gasteiger partial charge is 0.306 e. The van der Waals surface area contributed by atoms with E-state index in [1.807, 2.05) is 0 Å². The largest absolute Gasteiger partial charge is 0.462 e. The molecule has 0 heterocycles. The summed E-state index contributed by atoms with van der Waals surface area (Å²) in [5.74, 6) is -0.384. The maximum Gasteiger partial charge on any atom is 0.306 e. The summed E-state index contributed by atoms with van der Waals surface area (Å²) in [5.41, 5.74) is 0. The number of carbonyl (C=O) groups is 2. The first-order valence-corrected chi connectivity index (χ1v) is 21.6. The summed E-state index contributed by atoms with van der Waals surface area (Å²) in [6.45, 7) is 7.84. The lowest BCUT2D eigenvalue weighted by atomic mass is 10.1. The van der Waals surface area contributed by atoms with Crippen molar-refractivity contribution in [1.29, 1.82) is 0 Å². The van der Waals surface area contributed by atoms with Crippen LogP contribution in [-0.4, -0.2) is 37.9 Å². The van der Waals surface area contributed by atoms with Crippen molar-refractivity contribution in [2.45, 2.75) is 245 Å².